The van der Waals surface area contributed by atoms with E-state index in [0.29, 0.717) is 6.29 Å². The van der Waals surface area contributed by atoms with Crippen LogP contribution in [0.2, 0.25) is 0 Å². The number of benzene rings is 1. The Morgan fingerprint density at radius 3 is 2.43 bits per heavy atom. The van der Waals surface area contributed by atoms with Crippen molar-refractivity contribution >= 4 is 22.2 Å². The van der Waals surface area contributed by atoms with E-state index in [1.54, 1.807) is 26.0 Å². The van der Waals surface area contributed by atoms with E-state index in [2.05, 4.69) is 9.99 Å². The Kier molecular flexibility index (Phi) is 4.08. The zero-order chi connectivity index (χ0) is 15.6. The molecule has 0 aliphatic carbocycles. The molecule has 21 heavy (non-hydrogen) atoms. The maximum Gasteiger partial charge on any atom is 0.338 e. The molecule has 8 heteroatoms. The highest BCUT2D eigenvalue weighted by molar-refractivity contribution is 7.92. The van der Waals surface area contributed by atoms with Crippen molar-refractivity contribution in [3.05, 3.63) is 35.5 Å². The summed E-state index contributed by atoms with van der Waals surface area (Å²) in [5, 5.41) is 3.66. The van der Waals surface area contributed by atoms with Gasteiger partial charge >= 0.3 is 11.6 Å². The lowest BCUT2D eigenvalue weighted by Crippen LogP contribution is -2.41. The number of carbonyl (C=O) groups excluding carboxylic acids is 1. The molecule has 0 saturated heterocycles. The standard InChI is InChI=1S/C13H15N3O4S/c1-9(2)16-12(8-17)13(20-15-16)14-21(18,19)11-6-4-10(3)5-7-11/h4-9H,1-3H3/p+1. The van der Waals surface area contributed by atoms with Gasteiger partial charge in [0, 0.05) is 13.8 Å². The smallest absolute Gasteiger partial charge is 0.291 e. The number of hydrogen-bond donors (Lipinski definition) is 1. The molecule has 1 aromatic heterocycles. The van der Waals surface area contributed by atoms with E-state index in [-0.39, 0.29) is 22.5 Å². The van der Waals surface area contributed by atoms with Crippen LogP contribution in [0.4, 0.5) is 5.88 Å². The molecule has 0 saturated carbocycles. The summed E-state index contributed by atoms with van der Waals surface area (Å²) in [5.74, 6) is -0.195. The topological polar surface area (TPSA) is 93.2 Å². The fourth-order valence-corrected chi connectivity index (χ4v) is 2.73. The predicted octanol–water partition coefficient (Wildman–Crippen LogP) is 1.46. The molecule has 0 aliphatic heterocycles. The first kappa shape index (κ1) is 15.2. The minimum Gasteiger partial charge on any atom is -0.291 e. The third kappa shape index (κ3) is 3.10. The van der Waals surface area contributed by atoms with Crippen molar-refractivity contribution < 1.29 is 22.4 Å². The first-order valence-corrected chi connectivity index (χ1v) is 7.79. The molecular weight excluding hydrogens is 294 g/mol. The van der Waals surface area contributed by atoms with Gasteiger partial charge in [-0.1, -0.05) is 17.7 Å². The summed E-state index contributed by atoms with van der Waals surface area (Å²) in [6.07, 6.45) is 0.503. The molecule has 0 amide bonds. The van der Waals surface area contributed by atoms with Gasteiger partial charge in [-0.3, -0.25) is 9.32 Å². The number of nitrogens with one attached hydrogen (secondary N) is 1. The largest absolute Gasteiger partial charge is 0.338 e. The van der Waals surface area contributed by atoms with Gasteiger partial charge in [-0.2, -0.15) is 0 Å². The Bertz CT molecular complexity index is 748. The van der Waals surface area contributed by atoms with E-state index < -0.39 is 10.0 Å². The lowest BCUT2D eigenvalue weighted by atomic mass is 10.2. The van der Waals surface area contributed by atoms with Crippen LogP contribution in [0.1, 0.15) is 35.9 Å². The lowest BCUT2D eigenvalue weighted by molar-refractivity contribution is -0.780. The molecule has 1 heterocycles. The Hall–Kier alpha value is -2.22. The molecule has 0 radical (unpaired) electrons. The second-order valence-electron chi connectivity index (χ2n) is 4.86. The molecule has 2 rings (SSSR count). The summed E-state index contributed by atoms with van der Waals surface area (Å²) in [6, 6.07) is 6.19. The number of aryl methyl sites for hydroxylation is 1. The lowest BCUT2D eigenvalue weighted by Gasteiger charge is -2.04. The van der Waals surface area contributed by atoms with Crippen molar-refractivity contribution in [2.24, 2.45) is 0 Å². The van der Waals surface area contributed by atoms with E-state index in [4.69, 9.17) is 4.52 Å². The van der Waals surface area contributed by atoms with Crippen molar-refractivity contribution in [2.75, 3.05) is 4.72 Å². The number of nitrogens with zero attached hydrogens (tertiary/aromatic N) is 2. The van der Waals surface area contributed by atoms with E-state index in [1.807, 2.05) is 6.92 Å². The molecule has 7 nitrogen and oxygen atoms in total. The Morgan fingerprint density at radius 2 is 1.90 bits per heavy atom. The second kappa shape index (κ2) is 5.65. The van der Waals surface area contributed by atoms with E-state index >= 15 is 0 Å². The first-order valence-electron chi connectivity index (χ1n) is 6.31. The number of aromatic nitrogens is 2. The van der Waals surface area contributed by atoms with Gasteiger partial charge in [-0.15, -0.1) is 0 Å². The van der Waals surface area contributed by atoms with Crippen LogP contribution >= 0.6 is 0 Å². The zero-order valence-corrected chi connectivity index (χ0v) is 12.7. The zero-order valence-electron chi connectivity index (χ0n) is 11.9. The van der Waals surface area contributed by atoms with Crippen molar-refractivity contribution in [3.8, 4) is 0 Å². The predicted molar refractivity (Wildman–Crippen MR) is 74.5 cm³/mol. The van der Waals surface area contributed by atoms with Crippen LogP contribution < -0.4 is 9.40 Å². The highest BCUT2D eigenvalue weighted by Crippen LogP contribution is 2.17. The maximum absolute atomic E-state index is 12.2. The summed E-state index contributed by atoms with van der Waals surface area (Å²) in [6.45, 7) is 5.46. The number of carbonyl (C=O) groups is 1. The van der Waals surface area contributed by atoms with Gasteiger partial charge in [0.05, 0.1) is 4.90 Å². The van der Waals surface area contributed by atoms with E-state index in [1.165, 1.54) is 16.8 Å². The van der Waals surface area contributed by atoms with Crippen molar-refractivity contribution in [3.63, 3.8) is 0 Å². The quantitative estimate of drug-likeness (QED) is 0.666. The third-order valence-electron chi connectivity index (χ3n) is 2.86. The molecule has 0 aliphatic rings. The number of hydrogen-bond acceptors (Lipinski definition) is 5. The average Bonchev–Trinajstić information content (AvgIpc) is 2.81. The van der Waals surface area contributed by atoms with Gasteiger partial charge in [0.2, 0.25) is 11.6 Å². The molecule has 112 valence electrons. The SMILES string of the molecule is Cc1ccc(S(=O)(=O)Nc2on[n+](C(C)C)c2C=O)cc1. The number of aldehydes is 1. The minimum absolute atomic E-state index is 0.0423. The van der Waals surface area contributed by atoms with Crippen molar-refractivity contribution in [1.29, 1.82) is 0 Å². The first-order chi connectivity index (χ1) is 9.85. The summed E-state index contributed by atoms with van der Waals surface area (Å²) < 4.78 is 32.9. The molecule has 2 aromatic rings. The fraction of sp³-hybridized carbons (Fsp3) is 0.308. The number of rotatable bonds is 5. The van der Waals surface area contributed by atoms with Crippen LogP contribution in [0.15, 0.2) is 33.7 Å². The van der Waals surface area contributed by atoms with Crippen LogP contribution in [0.5, 0.6) is 0 Å². The normalized spacial score (nSPS) is 11.6. The minimum atomic E-state index is -3.83. The van der Waals surface area contributed by atoms with Crippen LogP contribution in [0.25, 0.3) is 0 Å². The van der Waals surface area contributed by atoms with Gasteiger partial charge < -0.3 is 0 Å². The highest BCUT2D eigenvalue weighted by Gasteiger charge is 2.30. The molecule has 0 spiro atoms. The Labute approximate surface area is 122 Å². The number of sulfonamides is 1. The van der Waals surface area contributed by atoms with Gasteiger partial charge in [0.15, 0.2) is 6.04 Å². The number of anilines is 1. The van der Waals surface area contributed by atoms with E-state index in [9.17, 15) is 13.2 Å². The van der Waals surface area contributed by atoms with Crippen LogP contribution in [0.3, 0.4) is 0 Å². The molecular formula is C13H16N3O4S+. The van der Waals surface area contributed by atoms with Crippen LogP contribution in [-0.4, -0.2) is 20.0 Å². The Morgan fingerprint density at radius 1 is 1.29 bits per heavy atom. The monoisotopic (exact) mass is 310 g/mol. The molecule has 0 atom stereocenters. The summed E-state index contributed by atoms with van der Waals surface area (Å²) in [7, 11) is -3.83. The van der Waals surface area contributed by atoms with E-state index in [0.717, 1.165) is 5.56 Å². The summed E-state index contributed by atoms with van der Waals surface area (Å²) in [4.78, 5) is 11.2. The third-order valence-corrected chi connectivity index (χ3v) is 4.21. The van der Waals surface area contributed by atoms with Gasteiger partial charge in [0.1, 0.15) is 0 Å². The molecule has 0 fully saturated rings. The average molecular weight is 310 g/mol. The van der Waals surface area contributed by atoms with Gasteiger partial charge in [-0.25, -0.2) is 13.1 Å². The van der Waals surface area contributed by atoms with Gasteiger partial charge in [0.25, 0.3) is 10.0 Å². The van der Waals surface area contributed by atoms with Gasteiger partial charge in [-0.05, 0) is 23.7 Å². The Balaban J connectivity index is 2.37. The van der Waals surface area contributed by atoms with Crippen molar-refractivity contribution in [2.45, 2.75) is 31.7 Å². The molecule has 0 unspecified atom stereocenters. The van der Waals surface area contributed by atoms with Crippen LogP contribution in [0, 0.1) is 6.92 Å². The summed E-state index contributed by atoms with van der Waals surface area (Å²) in [5.41, 5.74) is 0.987. The molecule has 0 bridgehead atoms. The van der Waals surface area contributed by atoms with Crippen molar-refractivity contribution in [1.82, 2.24) is 5.27 Å². The summed E-state index contributed by atoms with van der Waals surface area (Å²) >= 11 is 0. The van der Waals surface area contributed by atoms with Crippen LogP contribution in [-0.2, 0) is 10.0 Å². The highest BCUT2D eigenvalue weighted by atomic mass is 32.2. The second-order valence-corrected chi connectivity index (χ2v) is 6.54. The maximum atomic E-state index is 12.2. The fourth-order valence-electron chi connectivity index (χ4n) is 1.73. The molecule has 1 aromatic carbocycles. The molecule has 1 N–H and O–H groups in total.